The monoisotopic (exact) mass is 468 g/mol. The van der Waals surface area contributed by atoms with E-state index in [0.29, 0.717) is 5.56 Å². The summed E-state index contributed by atoms with van der Waals surface area (Å²) in [5.74, 6) is -0.800. The van der Waals surface area contributed by atoms with E-state index in [-0.39, 0.29) is 47.8 Å². The lowest BCUT2D eigenvalue weighted by Crippen LogP contribution is -2.52. The standard InChI is InChI=1S/C20H20ClF3N6O2/c1-3-18(31)29-4-5-30(10-20(22,23)24)16(9-29)12-6-14(28-17(21)7-12)13-8-15(19(32)25-2)27-11-26-13/h3,6-8,11,16H,1,4-5,9-10H2,2H3,(H,25,32)/t16-/m1/s1. The van der Waals surface area contributed by atoms with Crippen molar-refractivity contribution in [3.05, 3.63) is 53.6 Å². The zero-order valence-corrected chi connectivity index (χ0v) is 17.8. The van der Waals surface area contributed by atoms with Gasteiger partial charge in [0.15, 0.2) is 0 Å². The molecule has 12 heteroatoms. The Morgan fingerprint density at radius 1 is 1.25 bits per heavy atom. The van der Waals surface area contributed by atoms with Crippen molar-refractivity contribution >= 4 is 23.4 Å². The van der Waals surface area contributed by atoms with Crippen molar-refractivity contribution < 1.29 is 22.8 Å². The molecule has 2 aromatic rings. The molecule has 1 N–H and O–H groups in total. The molecule has 170 valence electrons. The molecule has 3 rings (SSSR count). The van der Waals surface area contributed by atoms with Crippen molar-refractivity contribution in [2.24, 2.45) is 0 Å². The lowest BCUT2D eigenvalue weighted by molar-refractivity contribution is -0.158. The molecule has 0 bridgehead atoms. The van der Waals surface area contributed by atoms with Crippen molar-refractivity contribution in [3.63, 3.8) is 0 Å². The van der Waals surface area contributed by atoms with Gasteiger partial charge in [-0.2, -0.15) is 13.2 Å². The summed E-state index contributed by atoms with van der Waals surface area (Å²) in [6.07, 6.45) is -2.11. The van der Waals surface area contributed by atoms with Gasteiger partial charge in [-0.1, -0.05) is 18.2 Å². The molecule has 0 aliphatic carbocycles. The fourth-order valence-corrected chi connectivity index (χ4v) is 3.69. The van der Waals surface area contributed by atoms with E-state index in [2.05, 4.69) is 26.8 Å². The number of piperazine rings is 1. The topological polar surface area (TPSA) is 91.3 Å². The van der Waals surface area contributed by atoms with E-state index in [9.17, 15) is 22.8 Å². The quantitative estimate of drug-likeness (QED) is 0.535. The van der Waals surface area contributed by atoms with Gasteiger partial charge in [-0.3, -0.25) is 14.5 Å². The maximum atomic E-state index is 13.2. The van der Waals surface area contributed by atoms with Gasteiger partial charge in [-0.05, 0) is 29.8 Å². The summed E-state index contributed by atoms with van der Waals surface area (Å²) in [4.78, 5) is 38.9. The number of nitrogens with one attached hydrogen (secondary N) is 1. The lowest BCUT2D eigenvalue weighted by Gasteiger charge is -2.41. The molecule has 1 aliphatic heterocycles. The van der Waals surface area contributed by atoms with Crippen LogP contribution in [-0.2, 0) is 4.79 Å². The van der Waals surface area contributed by atoms with E-state index in [1.165, 1.54) is 35.3 Å². The second-order valence-electron chi connectivity index (χ2n) is 7.07. The van der Waals surface area contributed by atoms with Gasteiger partial charge in [0.25, 0.3) is 5.91 Å². The number of hydrogen-bond acceptors (Lipinski definition) is 6. The number of halogens is 4. The molecule has 0 unspecified atom stereocenters. The van der Waals surface area contributed by atoms with Gasteiger partial charge in [0, 0.05) is 26.7 Å². The molecule has 1 fully saturated rings. The number of carbonyl (C=O) groups excluding carboxylic acids is 2. The number of amides is 2. The molecule has 0 saturated carbocycles. The van der Waals surface area contributed by atoms with E-state index in [1.54, 1.807) is 6.07 Å². The van der Waals surface area contributed by atoms with E-state index < -0.39 is 24.7 Å². The maximum Gasteiger partial charge on any atom is 0.401 e. The van der Waals surface area contributed by atoms with Gasteiger partial charge in [0.2, 0.25) is 5.91 Å². The molecule has 0 radical (unpaired) electrons. The van der Waals surface area contributed by atoms with Crippen molar-refractivity contribution in [2.45, 2.75) is 12.2 Å². The summed E-state index contributed by atoms with van der Waals surface area (Å²) >= 11 is 6.18. The third-order valence-electron chi connectivity index (χ3n) is 4.95. The average molecular weight is 469 g/mol. The molecule has 2 amide bonds. The first-order chi connectivity index (χ1) is 15.1. The number of carbonyl (C=O) groups is 2. The first-order valence-electron chi connectivity index (χ1n) is 9.55. The van der Waals surface area contributed by atoms with Gasteiger partial charge in [0.05, 0.1) is 24.0 Å². The summed E-state index contributed by atoms with van der Waals surface area (Å²) in [6.45, 7) is 2.49. The molecular formula is C20H20ClF3N6O2. The molecule has 1 aliphatic rings. The molecule has 0 spiro atoms. The minimum Gasteiger partial charge on any atom is -0.354 e. The third kappa shape index (κ3) is 5.60. The van der Waals surface area contributed by atoms with E-state index >= 15 is 0 Å². The van der Waals surface area contributed by atoms with E-state index in [4.69, 9.17) is 11.6 Å². The largest absolute Gasteiger partial charge is 0.401 e. The summed E-state index contributed by atoms with van der Waals surface area (Å²) < 4.78 is 39.6. The Balaban J connectivity index is 2.01. The van der Waals surface area contributed by atoms with Crippen LogP contribution < -0.4 is 5.32 Å². The molecule has 3 heterocycles. The van der Waals surface area contributed by atoms with Gasteiger partial charge in [0.1, 0.15) is 17.2 Å². The van der Waals surface area contributed by atoms with Gasteiger partial charge in [-0.15, -0.1) is 0 Å². The van der Waals surface area contributed by atoms with Crippen LogP contribution in [0.3, 0.4) is 0 Å². The zero-order valence-electron chi connectivity index (χ0n) is 17.1. The normalized spacial score (nSPS) is 17.2. The SMILES string of the molecule is C=CC(=O)N1CCN(CC(F)(F)F)[C@@H](c2cc(Cl)nc(-c3cc(C(=O)NC)ncn3)c2)C1. The number of hydrogen-bond donors (Lipinski definition) is 1. The van der Waals surface area contributed by atoms with Gasteiger partial charge in [-0.25, -0.2) is 15.0 Å². The molecule has 32 heavy (non-hydrogen) atoms. The van der Waals surface area contributed by atoms with Crippen LogP contribution in [0.25, 0.3) is 11.4 Å². The predicted molar refractivity (Wildman–Crippen MR) is 111 cm³/mol. The third-order valence-corrected chi connectivity index (χ3v) is 5.14. The molecule has 1 atom stereocenters. The molecular weight excluding hydrogens is 449 g/mol. The predicted octanol–water partition coefficient (Wildman–Crippen LogP) is 2.49. The van der Waals surface area contributed by atoms with Crippen LogP contribution in [0.5, 0.6) is 0 Å². The highest BCUT2D eigenvalue weighted by Gasteiger charge is 2.38. The molecule has 2 aromatic heterocycles. The Kier molecular flexibility index (Phi) is 7.09. The van der Waals surface area contributed by atoms with Gasteiger partial charge >= 0.3 is 6.18 Å². The summed E-state index contributed by atoms with van der Waals surface area (Å²) in [6, 6.07) is 3.64. The van der Waals surface area contributed by atoms with Gasteiger partial charge < -0.3 is 10.2 Å². The fraction of sp³-hybridized carbons (Fsp3) is 0.350. The average Bonchev–Trinajstić information content (AvgIpc) is 2.76. The first-order valence-corrected chi connectivity index (χ1v) is 9.93. The van der Waals surface area contributed by atoms with Crippen LogP contribution in [0.4, 0.5) is 13.2 Å². The Hall–Kier alpha value is -3.05. The van der Waals surface area contributed by atoms with Crippen molar-refractivity contribution in [3.8, 4) is 11.4 Å². The number of rotatable bonds is 5. The number of aromatic nitrogens is 3. The minimum absolute atomic E-state index is 0.0212. The summed E-state index contributed by atoms with van der Waals surface area (Å²) in [5.41, 5.74) is 1.07. The summed E-state index contributed by atoms with van der Waals surface area (Å²) in [5, 5.41) is 2.49. The highest BCUT2D eigenvalue weighted by molar-refractivity contribution is 6.29. The second-order valence-corrected chi connectivity index (χ2v) is 7.45. The Morgan fingerprint density at radius 2 is 2.00 bits per heavy atom. The first kappa shape index (κ1) is 23.6. The van der Waals surface area contributed by atoms with Crippen LogP contribution >= 0.6 is 11.6 Å². The minimum atomic E-state index is -4.42. The summed E-state index contributed by atoms with van der Waals surface area (Å²) in [7, 11) is 1.45. The van der Waals surface area contributed by atoms with Crippen LogP contribution in [0, 0.1) is 0 Å². The Morgan fingerprint density at radius 3 is 2.66 bits per heavy atom. The fourth-order valence-electron chi connectivity index (χ4n) is 3.48. The Bertz CT molecular complexity index is 1030. The smallest absolute Gasteiger partial charge is 0.354 e. The van der Waals surface area contributed by atoms with Crippen molar-refractivity contribution in [2.75, 3.05) is 33.2 Å². The molecule has 0 aromatic carbocycles. The van der Waals surface area contributed by atoms with E-state index in [0.717, 1.165) is 6.08 Å². The van der Waals surface area contributed by atoms with Crippen LogP contribution in [0.1, 0.15) is 22.1 Å². The highest BCUT2D eigenvalue weighted by Crippen LogP contribution is 2.32. The number of pyridine rings is 1. The maximum absolute atomic E-state index is 13.2. The van der Waals surface area contributed by atoms with Crippen molar-refractivity contribution in [1.29, 1.82) is 0 Å². The van der Waals surface area contributed by atoms with Crippen LogP contribution in [-0.4, -0.2) is 76.0 Å². The van der Waals surface area contributed by atoms with Crippen molar-refractivity contribution in [1.82, 2.24) is 30.1 Å². The number of nitrogens with zero attached hydrogens (tertiary/aromatic N) is 5. The molecule has 1 saturated heterocycles. The van der Waals surface area contributed by atoms with Crippen LogP contribution in [0.2, 0.25) is 5.15 Å². The van der Waals surface area contributed by atoms with Crippen LogP contribution in [0.15, 0.2) is 37.2 Å². The number of alkyl halides is 3. The highest BCUT2D eigenvalue weighted by atomic mass is 35.5. The second kappa shape index (κ2) is 9.61. The lowest BCUT2D eigenvalue weighted by atomic mass is 10.0. The molecule has 8 nitrogen and oxygen atoms in total. The Labute approximate surface area is 187 Å². The van der Waals surface area contributed by atoms with E-state index in [1.807, 2.05) is 0 Å². The zero-order chi connectivity index (χ0) is 23.5.